The van der Waals surface area contributed by atoms with Crippen LogP contribution >= 0.6 is 0 Å². The van der Waals surface area contributed by atoms with Gasteiger partial charge in [-0.15, -0.1) is 0 Å². The number of halogens is 2. The van der Waals surface area contributed by atoms with Crippen molar-refractivity contribution >= 4 is 5.91 Å². The lowest BCUT2D eigenvalue weighted by molar-refractivity contribution is -0.120. The molecule has 1 radical (unpaired) electrons. The smallest absolute Gasteiger partial charge is 0.235 e. The third kappa shape index (κ3) is 2.29. The van der Waals surface area contributed by atoms with Gasteiger partial charge in [0.25, 0.3) is 0 Å². The normalized spacial score (nSPS) is 25.1. The summed E-state index contributed by atoms with van der Waals surface area (Å²) in [4.78, 5) is 12.9. The van der Waals surface area contributed by atoms with Crippen LogP contribution in [0.5, 0.6) is 0 Å². The van der Waals surface area contributed by atoms with Gasteiger partial charge in [-0.1, -0.05) is 6.07 Å². The number of benzene rings is 1. The van der Waals surface area contributed by atoms with Gasteiger partial charge in [-0.25, -0.2) is 8.78 Å². The van der Waals surface area contributed by atoms with Crippen LogP contribution in [0.15, 0.2) is 18.2 Å². The minimum absolute atomic E-state index is 0.104. The molecule has 1 aliphatic rings. The maximum Gasteiger partial charge on any atom is 0.235 e. The molecule has 0 aromatic heterocycles. The molecule has 17 heavy (non-hydrogen) atoms. The van der Waals surface area contributed by atoms with E-state index in [1.54, 1.807) is 18.4 Å². The van der Waals surface area contributed by atoms with Crippen molar-refractivity contribution in [3.05, 3.63) is 41.8 Å². The summed E-state index contributed by atoms with van der Waals surface area (Å²) < 4.78 is 25.9. The second-order valence-corrected chi connectivity index (χ2v) is 4.26. The number of primary amides is 1. The monoisotopic (exact) mass is 239 g/mol. The van der Waals surface area contributed by atoms with Gasteiger partial charge in [-0.2, -0.15) is 0 Å². The van der Waals surface area contributed by atoms with Crippen LogP contribution in [0.2, 0.25) is 0 Å². The molecule has 0 spiro atoms. The van der Waals surface area contributed by atoms with Gasteiger partial charge in [0.05, 0.1) is 6.04 Å². The Labute approximate surface area is 98.2 Å². The first-order chi connectivity index (χ1) is 7.99. The molecule has 3 nitrogen and oxygen atoms in total. The number of hydrogen-bond donors (Lipinski definition) is 1. The Morgan fingerprint density at radius 1 is 1.41 bits per heavy atom. The molecule has 91 valence electrons. The molecule has 1 fully saturated rings. The number of carbonyl (C=O) groups is 1. The summed E-state index contributed by atoms with van der Waals surface area (Å²) in [5.74, 6) is -2.28. The second-order valence-electron chi connectivity index (χ2n) is 4.26. The van der Waals surface area contributed by atoms with Crippen molar-refractivity contribution in [2.75, 3.05) is 13.6 Å². The Bertz CT molecular complexity index is 450. The van der Waals surface area contributed by atoms with E-state index in [0.29, 0.717) is 12.1 Å². The van der Waals surface area contributed by atoms with Gasteiger partial charge in [0, 0.05) is 12.5 Å². The predicted octanol–water partition coefficient (Wildman–Crippen LogP) is 1.05. The summed E-state index contributed by atoms with van der Waals surface area (Å²) in [5, 5.41) is 0. The van der Waals surface area contributed by atoms with Crippen LogP contribution in [0, 0.1) is 18.1 Å². The van der Waals surface area contributed by atoms with Gasteiger partial charge in [-0.3, -0.25) is 9.69 Å². The Morgan fingerprint density at radius 3 is 2.65 bits per heavy atom. The Balaban J connectivity index is 2.19. The maximum absolute atomic E-state index is 13.1. The fraction of sp³-hybridized carbons (Fsp3) is 0.333. The zero-order chi connectivity index (χ0) is 12.6. The summed E-state index contributed by atoms with van der Waals surface area (Å²) >= 11 is 0. The molecule has 1 aromatic rings. The lowest BCUT2D eigenvalue weighted by atomic mass is 9.96. The highest BCUT2D eigenvalue weighted by atomic mass is 19.2. The van der Waals surface area contributed by atoms with Crippen LogP contribution in [0.3, 0.4) is 0 Å². The fourth-order valence-corrected chi connectivity index (χ4v) is 2.12. The van der Waals surface area contributed by atoms with Gasteiger partial charge in [0.15, 0.2) is 11.6 Å². The average Bonchev–Trinajstić information content (AvgIpc) is 2.64. The van der Waals surface area contributed by atoms with Crippen LogP contribution in [0.4, 0.5) is 8.78 Å². The van der Waals surface area contributed by atoms with Gasteiger partial charge >= 0.3 is 0 Å². The topological polar surface area (TPSA) is 46.3 Å². The molecule has 0 bridgehead atoms. The van der Waals surface area contributed by atoms with Gasteiger partial charge in [0.1, 0.15) is 0 Å². The zero-order valence-electron chi connectivity index (χ0n) is 9.36. The van der Waals surface area contributed by atoms with Crippen LogP contribution < -0.4 is 5.73 Å². The molecule has 5 heteroatoms. The zero-order valence-corrected chi connectivity index (χ0v) is 9.36. The molecule has 1 saturated heterocycles. The molecule has 2 rings (SSSR count). The molecule has 2 N–H and O–H groups in total. The molecular formula is C12H13F2N2O. The largest absolute Gasteiger partial charge is 0.368 e. The van der Waals surface area contributed by atoms with Crippen molar-refractivity contribution in [3.8, 4) is 0 Å². The Hall–Kier alpha value is -1.49. The van der Waals surface area contributed by atoms with Crippen molar-refractivity contribution in [3.63, 3.8) is 0 Å². The molecular weight excluding hydrogens is 226 g/mol. The quantitative estimate of drug-likeness (QED) is 0.838. The van der Waals surface area contributed by atoms with Crippen molar-refractivity contribution in [2.24, 2.45) is 5.73 Å². The van der Waals surface area contributed by atoms with Crippen molar-refractivity contribution in [1.82, 2.24) is 4.90 Å². The molecule has 2 atom stereocenters. The molecule has 1 aliphatic heterocycles. The lowest BCUT2D eigenvalue weighted by Gasteiger charge is -2.14. The third-order valence-corrected chi connectivity index (χ3v) is 3.04. The fourth-order valence-electron chi connectivity index (χ4n) is 2.12. The van der Waals surface area contributed by atoms with Crippen molar-refractivity contribution in [2.45, 2.75) is 12.0 Å². The van der Waals surface area contributed by atoms with Crippen molar-refractivity contribution < 1.29 is 13.6 Å². The average molecular weight is 239 g/mol. The van der Waals surface area contributed by atoms with E-state index in [4.69, 9.17) is 5.73 Å². The van der Waals surface area contributed by atoms with E-state index < -0.39 is 23.6 Å². The maximum atomic E-state index is 13.1. The first-order valence-corrected chi connectivity index (χ1v) is 5.28. The third-order valence-electron chi connectivity index (χ3n) is 3.04. The minimum atomic E-state index is -0.874. The molecule has 1 unspecified atom stereocenters. The van der Waals surface area contributed by atoms with E-state index in [1.807, 2.05) is 0 Å². The molecule has 1 aromatic carbocycles. The first kappa shape index (κ1) is 12.0. The summed E-state index contributed by atoms with van der Waals surface area (Å²) in [5.41, 5.74) is 5.89. The number of hydrogen-bond acceptors (Lipinski definition) is 2. The summed E-state index contributed by atoms with van der Waals surface area (Å²) in [7, 11) is 1.77. The number of amides is 1. The van der Waals surface area contributed by atoms with E-state index >= 15 is 0 Å². The number of nitrogens with two attached hydrogens (primary N) is 1. The number of nitrogens with zero attached hydrogens (tertiary/aromatic N) is 1. The number of likely N-dealkylation sites (N-methyl/N-ethyl adjacent to an activating group) is 1. The van der Waals surface area contributed by atoms with Gasteiger partial charge < -0.3 is 5.73 Å². The van der Waals surface area contributed by atoms with E-state index in [9.17, 15) is 13.6 Å². The first-order valence-electron chi connectivity index (χ1n) is 5.28. The lowest BCUT2D eigenvalue weighted by Crippen LogP contribution is -2.37. The highest BCUT2D eigenvalue weighted by molar-refractivity contribution is 5.82. The van der Waals surface area contributed by atoms with Crippen LogP contribution in [-0.4, -0.2) is 30.4 Å². The van der Waals surface area contributed by atoms with Gasteiger partial charge in [-0.05, 0) is 31.2 Å². The van der Waals surface area contributed by atoms with Crippen LogP contribution in [0.1, 0.15) is 11.5 Å². The van der Waals surface area contributed by atoms with Gasteiger partial charge in [0.2, 0.25) is 5.91 Å². The van der Waals surface area contributed by atoms with Crippen molar-refractivity contribution in [1.29, 1.82) is 0 Å². The second kappa shape index (κ2) is 4.41. The van der Waals surface area contributed by atoms with Crippen LogP contribution in [0.25, 0.3) is 0 Å². The summed E-state index contributed by atoms with van der Waals surface area (Å²) in [6.07, 6.45) is 1.76. The highest BCUT2D eigenvalue weighted by Gasteiger charge is 2.34. The number of rotatable bonds is 2. The summed E-state index contributed by atoms with van der Waals surface area (Å²) in [6, 6.07) is 3.33. The van der Waals surface area contributed by atoms with E-state index in [-0.39, 0.29) is 5.92 Å². The Kier molecular flexibility index (Phi) is 3.11. The Morgan fingerprint density at radius 2 is 2.12 bits per heavy atom. The van der Waals surface area contributed by atoms with E-state index in [1.165, 1.54) is 6.07 Å². The number of likely N-dealkylation sites (tertiary alicyclic amines) is 1. The number of carbonyl (C=O) groups excluding carboxylic acids is 1. The minimum Gasteiger partial charge on any atom is -0.368 e. The van der Waals surface area contributed by atoms with E-state index in [2.05, 4.69) is 0 Å². The van der Waals surface area contributed by atoms with Crippen LogP contribution in [-0.2, 0) is 4.79 Å². The predicted molar refractivity (Wildman–Crippen MR) is 59.0 cm³/mol. The molecule has 0 saturated carbocycles. The standard InChI is InChI=1S/C12H13F2N2O/c1-16-6-8(5-11(16)12(15)17)7-2-3-9(13)10(14)4-7/h2-5,8,11H,6H2,1H3,(H2,15,17)/t8-,11?/m0/s1. The molecule has 1 heterocycles. The molecule has 0 aliphatic carbocycles. The molecule has 1 amide bonds. The van der Waals surface area contributed by atoms with E-state index in [0.717, 1.165) is 12.1 Å². The highest BCUT2D eigenvalue weighted by Crippen LogP contribution is 2.30. The summed E-state index contributed by atoms with van der Waals surface area (Å²) in [6.45, 7) is 0.568. The SMILES string of the molecule is CN1C[C@@H](c2ccc(F)c(F)c2)[CH]C1C(N)=O.